The highest BCUT2D eigenvalue weighted by atomic mass is 32.2. The van der Waals surface area contributed by atoms with Crippen molar-refractivity contribution < 1.29 is 5.11 Å². The van der Waals surface area contributed by atoms with Gasteiger partial charge in [0, 0.05) is 0 Å². The summed E-state index contributed by atoms with van der Waals surface area (Å²) in [4.78, 5) is 0. The summed E-state index contributed by atoms with van der Waals surface area (Å²) in [6.07, 6.45) is 3.20. The van der Waals surface area contributed by atoms with E-state index in [1.54, 1.807) is 0 Å². The molecule has 94 valence electrons. The van der Waals surface area contributed by atoms with Crippen LogP contribution in [0.5, 0.6) is 0 Å². The number of aryl methyl sites for hydroxylation is 1. The molecule has 1 aromatic rings. The van der Waals surface area contributed by atoms with Gasteiger partial charge in [-0.1, -0.05) is 18.2 Å². The van der Waals surface area contributed by atoms with Crippen molar-refractivity contribution in [1.29, 1.82) is 0 Å². The zero-order valence-corrected chi connectivity index (χ0v) is 11.6. The molecule has 0 spiro atoms. The second-order valence-electron chi connectivity index (χ2n) is 5.10. The highest BCUT2D eigenvalue weighted by Gasteiger charge is 2.19. The van der Waals surface area contributed by atoms with Gasteiger partial charge in [-0.2, -0.15) is 11.8 Å². The number of benzene rings is 1. The molecule has 1 fully saturated rings. The number of hydrogen-bond donors (Lipinski definition) is 1. The first-order valence-electron chi connectivity index (χ1n) is 6.50. The minimum absolute atomic E-state index is 0.275. The number of thioether (sulfide) groups is 1. The van der Waals surface area contributed by atoms with Gasteiger partial charge in [-0.05, 0) is 67.2 Å². The number of aliphatic hydroxyl groups excluding tert-OH is 1. The largest absolute Gasteiger partial charge is 0.388 e. The fraction of sp³-hybridized carbons (Fsp3) is 0.600. The van der Waals surface area contributed by atoms with Crippen LogP contribution in [0.1, 0.15) is 42.1 Å². The molecule has 1 aromatic carbocycles. The zero-order valence-electron chi connectivity index (χ0n) is 10.8. The van der Waals surface area contributed by atoms with Gasteiger partial charge >= 0.3 is 0 Å². The standard InChI is InChI=1S/C15H22OS/c1-11-4-3-5-14(12(11)2)15(16)10-13-6-8-17-9-7-13/h3-5,13,15-16H,6-10H2,1-2H3. The fourth-order valence-corrected chi connectivity index (χ4v) is 3.76. The first-order chi connectivity index (χ1) is 8.18. The fourth-order valence-electron chi connectivity index (χ4n) is 2.56. The maximum atomic E-state index is 10.4. The van der Waals surface area contributed by atoms with Crippen LogP contribution in [0, 0.1) is 19.8 Å². The third-order valence-corrected chi connectivity index (χ3v) is 4.95. The molecule has 1 atom stereocenters. The van der Waals surface area contributed by atoms with E-state index in [0.29, 0.717) is 5.92 Å². The third kappa shape index (κ3) is 3.26. The quantitative estimate of drug-likeness (QED) is 0.878. The lowest BCUT2D eigenvalue weighted by atomic mass is 9.90. The van der Waals surface area contributed by atoms with E-state index in [-0.39, 0.29) is 6.10 Å². The maximum absolute atomic E-state index is 10.4. The van der Waals surface area contributed by atoms with Gasteiger partial charge in [0.25, 0.3) is 0 Å². The summed E-state index contributed by atoms with van der Waals surface area (Å²) >= 11 is 2.05. The Balaban J connectivity index is 2.03. The van der Waals surface area contributed by atoms with Gasteiger partial charge in [0.2, 0.25) is 0 Å². The van der Waals surface area contributed by atoms with Crippen LogP contribution in [-0.4, -0.2) is 16.6 Å². The van der Waals surface area contributed by atoms with Gasteiger partial charge in [-0.15, -0.1) is 0 Å². The van der Waals surface area contributed by atoms with Crippen LogP contribution in [0.15, 0.2) is 18.2 Å². The molecule has 1 saturated heterocycles. The Morgan fingerprint density at radius 1 is 1.29 bits per heavy atom. The average Bonchev–Trinajstić information content (AvgIpc) is 2.34. The topological polar surface area (TPSA) is 20.2 Å². The van der Waals surface area contributed by atoms with Crippen LogP contribution in [0.25, 0.3) is 0 Å². The Kier molecular flexibility index (Phi) is 4.52. The lowest BCUT2D eigenvalue weighted by molar-refractivity contribution is 0.140. The molecule has 0 radical (unpaired) electrons. The summed E-state index contributed by atoms with van der Waals surface area (Å²) in [6.45, 7) is 4.23. The van der Waals surface area contributed by atoms with E-state index < -0.39 is 0 Å². The monoisotopic (exact) mass is 250 g/mol. The molecule has 0 aromatic heterocycles. The molecule has 0 aliphatic carbocycles. The molecule has 1 heterocycles. The summed E-state index contributed by atoms with van der Waals surface area (Å²) in [7, 11) is 0. The minimum atomic E-state index is -0.275. The van der Waals surface area contributed by atoms with E-state index >= 15 is 0 Å². The second-order valence-corrected chi connectivity index (χ2v) is 6.32. The average molecular weight is 250 g/mol. The minimum Gasteiger partial charge on any atom is -0.388 e. The molecule has 0 saturated carbocycles. The van der Waals surface area contributed by atoms with Crippen LogP contribution in [0.4, 0.5) is 0 Å². The number of hydrogen-bond acceptors (Lipinski definition) is 2. The van der Waals surface area contributed by atoms with Crippen LogP contribution in [0.3, 0.4) is 0 Å². The molecule has 1 unspecified atom stereocenters. The van der Waals surface area contributed by atoms with E-state index in [1.807, 2.05) is 11.8 Å². The van der Waals surface area contributed by atoms with Crippen molar-refractivity contribution in [2.45, 2.75) is 39.2 Å². The first kappa shape index (κ1) is 13.0. The Bertz CT molecular complexity index is 369. The lowest BCUT2D eigenvalue weighted by Gasteiger charge is -2.25. The third-order valence-electron chi connectivity index (χ3n) is 3.90. The highest BCUT2D eigenvalue weighted by molar-refractivity contribution is 7.99. The van der Waals surface area contributed by atoms with Crippen molar-refractivity contribution in [2.24, 2.45) is 5.92 Å². The predicted octanol–water partition coefficient (Wildman–Crippen LogP) is 3.87. The number of aliphatic hydroxyl groups is 1. The Morgan fingerprint density at radius 2 is 2.00 bits per heavy atom. The molecule has 0 amide bonds. The zero-order chi connectivity index (χ0) is 12.3. The molecule has 2 rings (SSSR count). The number of rotatable bonds is 3. The predicted molar refractivity (Wildman–Crippen MR) is 75.5 cm³/mol. The van der Waals surface area contributed by atoms with E-state index in [4.69, 9.17) is 0 Å². The molecule has 1 aliphatic heterocycles. The maximum Gasteiger partial charge on any atom is 0.0795 e. The Morgan fingerprint density at radius 3 is 2.71 bits per heavy atom. The molecule has 2 heteroatoms. The smallest absolute Gasteiger partial charge is 0.0795 e. The van der Waals surface area contributed by atoms with Crippen LogP contribution >= 0.6 is 11.8 Å². The molecule has 1 nitrogen and oxygen atoms in total. The molecular weight excluding hydrogens is 228 g/mol. The molecule has 0 bridgehead atoms. The van der Waals surface area contributed by atoms with Crippen molar-refractivity contribution in [3.05, 3.63) is 34.9 Å². The van der Waals surface area contributed by atoms with Crippen molar-refractivity contribution in [3.63, 3.8) is 0 Å². The summed E-state index contributed by atoms with van der Waals surface area (Å²) in [5.41, 5.74) is 3.66. The highest BCUT2D eigenvalue weighted by Crippen LogP contribution is 2.32. The Hall–Kier alpha value is -0.470. The van der Waals surface area contributed by atoms with Gasteiger partial charge in [-0.3, -0.25) is 0 Å². The Labute approximate surface area is 109 Å². The summed E-state index contributed by atoms with van der Waals surface area (Å²) in [5.74, 6) is 3.25. The van der Waals surface area contributed by atoms with Crippen molar-refractivity contribution >= 4 is 11.8 Å². The SMILES string of the molecule is Cc1cccc(C(O)CC2CCSCC2)c1C. The molecule has 1 N–H and O–H groups in total. The second kappa shape index (κ2) is 5.92. The molecule has 1 aliphatic rings. The van der Waals surface area contributed by atoms with E-state index in [9.17, 15) is 5.11 Å². The van der Waals surface area contributed by atoms with Gasteiger partial charge in [0.05, 0.1) is 6.10 Å². The van der Waals surface area contributed by atoms with Crippen LogP contribution in [0.2, 0.25) is 0 Å². The molecule has 17 heavy (non-hydrogen) atoms. The van der Waals surface area contributed by atoms with Crippen LogP contribution in [-0.2, 0) is 0 Å². The van der Waals surface area contributed by atoms with Crippen LogP contribution < -0.4 is 0 Å². The van der Waals surface area contributed by atoms with Gasteiger partial charge in [-0.25, -0.2) is 0 Å². The summed E-state index contributed by atoms with van der Waals surface area (Å²) < 4.78 is 0. The van der Waals surface area contributed by atoms with Gasteiger partial charge in [0.1, 0.15) is 0 Å². The van der Waals surface area contributed by atoms with E-state index in [1.165, 1.54) is 35.5 Å². The summed E-state index contributed by atoms with van der Waals surface area (Å²) in [6, 6.07) is 6.24. The normalized spacial score (nSPS) is 19.2. The van der Waals surface area contributed by atoms with Crippen molar-refractivity contribution in [2.75, 3.05) is 11.5 Å². The first-order valence-corrected chi connectivity index (χ1v) is 7.66. The van der Waals surface area contributed by atoms with Crippen molar-refractivity contribution in [1.82, 2.24) is 0 Å². The lowest BCUT2D eigenvalue weighted by Crippen LogP contribution is -2.14. The van der Waals surface area contributed by atoms with Gasteiger partial charge < -0.3 is 5.11 Å². The molecular formula is C15H22OS. The summed E-state index contributed by atoms with van der Waals surface area (Å²) in [5, 5.41) is 10.4. The van der Waals surface area contributed by atoms with E-state index in [2.05, 4.69) is 32.0 Å². The van der Waals surface area contributed by atoms with E-state index in [0.717, 1.165) is 12.0 Å². The van der Waals surface area contributed by atoms with Crippen molar-refractivity contribution in [3.8, 4) is 0 Å². The van der Waals surface area contributed by atoms with Gasteiger partial charge in [0.15, 0.2) is 0 Å².